The van der Waals surface area contributed by atoms with Crippen LogP contribution in [-0.4, -0.2) is 40.9 Å². The maximum Gasteiger partial charge on any atom is 0.303 e. The third-order valence-corrected chi connectivity index (χ3v) is 7.69. The maximum atomic E-state index is 15.1. The van der Waals surface area contributed by atoms with Gasteiger partial charge in [-0.05, 0) is 65.5 Å². The van der Waals surface area contributed by atoms with Gasteiger partial charge in [-0.3, -0.25) is 14.4 Å². The Morgan fingerprint density at radius 1 is 1.14 bits per heavy atom. The van der Waals surface area contributed by atoms with E-state index in [0.29, 0.717) is 36.4 Å². The highest BCUT2D eigenvalue weighted by molar-refractivity contribution is 5.98. The number of hydrogen-bond donors (Lipinski definition) is 2. The molecule has 0 fully saturated rings. The van der Waals surface area contributed by atoms with E-state index in [4.69, 9.17) is 9.84 Å². The smallest absolute Gasteiger partial charge is 0.303 e. The maximum absolute atomic E-state index is 15.1. The monoisotopic (exact) mass is 494 g/mol. The van der Waals surface area contributed by atoms with E-state index in [1.54, 1.807) is 0 Å². The molecule has 190 valence electrons. The fourth-order valence-corrected chi connectivity index (χ4v) is 5.93. The van der Waals surface area contributed by atoms with E-state index in [-0.39, 0.29) is 36.4 Å². The summed E-state index contributed by atoms with van der Waals surface area (Å²) in [7, 11) is 0. The molecule has 0 saturated carbocycles. The summed E-state index contributed by atoms with van der Waals surface area (Å²) in [4.78, 5) is 39.3. The van der Waals surface area contributed by atoms with Crippen molar-refractivity contribution >= 4 is 23.5 Å². The summed E-state index contributed by atoms with van der Waals surface area (Å²) in [5.74, 6) is -1.19. The first-order chi connectivity index (χ1) is 17.2. The number of benzene rings is 2. The number of anilines is 1. The number of carbonyl (C=O) groups is 3. The molecule has 3 aliphatic rings. The molecule has 0 aromatic heterocycles. The summed E-state index contributed by atoms with van der Waals surface area (Å²) >= 11 is 0. The normalized spacial score (nSPS) is 19.2. The van der Waals surface area contributed by atoms with Gasteiger partial charge < -0.3 is 20.1 Å². The number of carboxylic acids is 1. The second-order valence-electron chi connectivity index (χ2n) is 10.6. The lowest BCUT2D eigenvalue weighted by Gasteiger charge is -2.37. The Balaban J connectivity index is 1.46. The van der Waals surface area contributed by atoms with Gasteiger partial charge in [-0.1, -0.05) is 26.0 Å². The Labute approximate surface area is 209 Å². The zero-order valence-corrected chi connectivity index (χ0v) is 20.7. The number of amides is 2. The van der Waals surface area contributed by atoms with Gasteiger partial charge in [0.1, 0.15) is 17.6 Å². The lowest BCUT2D eigenvalue weighted by atomic mass is 9.86. The highest BCUT2D eigenvalue weighted by Gasteiger charge is 2.39. The van der Waals surface area contributed by atoms with Crippen LogP contribution < -0.4 is 10.1 Å². The third kappa shape index (κ3) is 4.33. The van der Waals surface area contributed by atoms with Gasteiger partial charge in [-0.15, -0.1) is 0 Å². The van der Waals surface area contributed by atoms with Crippen molar-refractivity contribution in [3.63, 3.8) is 0 Å². The second-order valence-corrected chi connectivity index (χ2v) is 10.6. The Morgan fingerprint density at radius 2 is 1.94 bits per heavy atom. The van der Waals surface area contributed by atoms with Gasteiger partial charge in [-0.25, -0.2) is 4.39 Å². The molecular weight excluding hydrogens is 463 g/mol. The molecule has 2 heterocycles. The van der Waals surface area contributed by atoms with Gasteiger partial charge in [0, 0.05) is 37.1 Å². The minimum absolute atomic E-state index is 0.0371. The van der Waals surface area contributed by atoms with Crippen LogP contribution in [-0.2, 0) is 39.1 Å². The molecule has 7 nitrogen and oxygen atoms in total. The van der Waals surface area contributed by atoms with Crippen molar-refractivity contribution in [1.82, 2.24) is 4.90 Å². The summed E-state index contributed by atoms with van der Waals surface area (Å²) in [5.41, 5.74) is 4.45. The SMILES string of the molecule is CC1(C)CCc2cc(NC(=O)[C@H]3c4ccc5c(c4CCN3C(=O)CCCC(=O)O)OCC5)cc(F)c21. The van der Waals surface area contributed by atoms with Gasteiger partial charge >= 0.3 is 5.97 Å². The summed E-state index contributed by atoms with van der Waals surface area (Å²) in [5, 5.41) is 11.8. The average molecular weight is 495 g/mol. The van der Waals surface area contributed by atoms with Crippen molar-refractivity contribution in [3.8, 4) is 5.75 Å². The number of ether oxygens (including phenoxy) is 1. The molecule has 36 heavy (non-hydrogen) atoms. The average Bonchev–Trinajstić information content (AvgIpc) is 3.42. The number of carbonyl (C=O) groups excluding carboxylic acids is 2. The molecule has 0 unspecified atom stereocenters. The van der Waals surface area contributed by atoms with Gasteiger partial charge in [0.15, 0.2) is 0 Å². The number of fused-ring (bicyclic) bond motifs is 4. The Bertz CT molecular complexity index is 1250. The summed E-state index contributed by atoms with van der Waals surface area (Å²) in [6, 6.07) is 6.11. The van der Waals surface area contributed by atoms with Crippen molar-refractivity contribution in [2.24, 2.45) is 0 Å². The second kappa shape index (κ2) is 9.22. The number of aliphatic carboxylic acids is 1. The molecule has 1 aliphatic carbocycles. The molecule has 1 atom stereocenters. The number of nitrogens with one attached hydrogen (secondary N) is 1. The summed E-state index contributed by atoms with van der Waals surface area (Å²) in [6.07, 6.45) is 3.07. The van der Waals surface area contributed by atoms with Crippen LogP contribution in [0.3, 0.4) is 0 Å². The molecule has 2 aromatic carbocycles. The number of halogens is 1. The lowest BCUT2D eigenvalue weighted by Crippen LogP contribution is -2.45. The molecule has 2 aromatic rings. The van der Waals surface area contributed by atoms with E-state index >= 15 is 4.39 Å². The number of rotatable bonds is 6. The van der Waals surface area contributed by atoms with Crippen molar-refractivity contribution < 1.29 is 28.6 Å². The predicted octanol–water partition coefficient (Wildman–Crippen LogP) is 4.30. The van der Waals surface area contributed by atoms with Crippen LogP contribution in [0.2, 0.25) is 0 Å². The van der Waals surface area contributed by atoms with Crippen LogP contribution in [0.25, 0.3) is 0 Å². The largest absolute Gasteiger partial charge is 0.493 e. The Kier molecular flexibility index (Phi) is 6.22. The van der Waals surface area contributed by atoms with Crippen molar-refractivity contribution in [2.45, 2.75) is 70.3 Å². The topological polar surface area (TPSA) is 95.9 Å². The molecule has 8 heteroatoms. The molecule has 5 rings (SSSR count). The zero-order chi connectivity index (χ0) is 25.6. The van der Waals surface area contributed by atoms with Gasteiger partial charge in [0.2, 0.25) is 5.91 Å². The van der Waals surface area contributed by atoms with Gasteiger partial charge in [-0.2, -0.15) is 0 Å². The third-order valence-electron chi connectivity index (χ3n) is 7.69. The quantitative estimate of drug-likeness (QED) is 0.624. The standard InChI is InChI=1S/C28H31FN2O5/c1-28(2)11-8-17-14-18(15-21(29)24(17)28)30-27(35)25-19-7-6-16-10-13-36-26(16)20(19)9-12-31(25)22(32)4-3-5-23(33)34/h6-7,14-15,25H,3-5,8-13H2,1-2H3,(H,30,35)(H,33,34)/t25-/m1/s1. The van der Waals surface area contributed by atoms with E-state index in [1.807, 2.05) is 32.0 Å². The molecule has 2 aliphatic heterocycles. The fraction of sp³-hybridized carbons (Fsp3) is 0.464. The van der Waals surface area contributed by atoms with Gasteiger partial charge in [0.05, 0.1) is 6.61 Å². The Hall–Kier alpha value is -3.42. The first-order valence-electron chi connectivity index (χ1n) is 12.6. The van der Waals surface area contributed by atoms with Crippen molar-refractivity contribution in [3.05, 3.63) is 57.9 Å². The molecule has 0 bridgehead atoms. The van der Waals surface area contributed by atoms with Crippen LogP contribution in [0, 0.1) is 5.82 Å². The Morgan fingerprint density at radius 3 is 2.72 bits per heavy atom. The van der Waals surface area contributed by atoms with Crippen LogP contribution in [0.15, 0.2) is 24.3 Å². The van der Waals surface area contributed by atoms with Crippen LogP contribution in [0.5, 0.6) is 5.75 Å². The number of hydrogen-bond acceptors (Lipinski definition) is 4. The van der Waals surface area contributed by atoms with E-state index in [2.05, 4.69) is 5.32 Å². The predicted molar refractivity (Wildman–Crippen MR) is 132 cm³/mol. The van der Waals surface area contributed by atoms with E-state index < -0.39 is 17.9 Å². The van der Waals surface area contributed by atoms with Crippen LogP contribution in [0.4, 0.5) is 10.1 Å². The number of nitrogens with zero attached hydrogens (tertiary/aromatic N) is 1. The molecule has 0 spiro atoms. The minimum Gasteiger partial charge on any atom is -0.493 e. The van der Waals surface area contributed by atoms with Crippen LogP contribution >= 0.6 is 0 Å². The highest BCUT2D eigenvalue weighted by Crippen LogP contribution is 2.43. The van der Waals surface area contributed by atoms with Crippen molar-refractivity contribution in [1.29, 1.82) is 0 Å². The van der Waals surface area contributed by atoms with Crippen LogP contribution in [0.1, 0.15) is 73.4 Å². The number of carboxylic acid groups (broad SMARTS) is 1. The first kappa shape index (κ1) is 24.3. The zero-order valence-electron chi connectivity index (χ0n) is 20.7. The molecule has 2 amide bonds. The lowest BCUT2D eigenvalue weighted by molar-refractivity contribution is -0.140. The molecular formula is C28H31FN2O5. The number of aryl methyl sites for hydroxylation is 1. The molecule has 0 saturated heterocycles. The van der Waals surface area contributed by atoms with E-state index in [9.17, 15) is 14.4 Å². The van der Waals surface area contributed by atoms with E-state index in [1.165, 1.54) is 11.0 Å². The molecule has 2 N–H and O–H groups in total. The van der Waals surface area contributed by atoms with Gasteiger partial charge in [0.25, 0.3) is 5.91 Å². The summed E-state index contributed by atoms with van der Waals surface area (Å²) in [6.45, 7) is 4.95. The fourth-order valence-electron chi connectivity index (χ4n) is 5.93. The first-order valence-corrected chi connectivity index (χ1v) is 12.6. The summed E-state index contributed by atoms with van der Waals surface area (Å²) < 4.78 is 20.9. The van der Waals surface area contributed by atoms with Crippen molar-refractivity contribution in [2.75, 3.05) is 18.5 Å². The minimum atomic E-state index is -0.962. The molecule has 0 radical (unpaired) electrons. The highest BCUT2D eigenvalue weighted by atomic mass is 19.1. The van der Waals surface area contributed by atoms with E-state index in [0.717, 1.165) is 41.7 Å².